The average Bonchev–Trinajstić information content (AvgIpc) is 2.54. The minimum Gasteiger partial charge on any atom is -0.272 e. The number of benzene rings is 2. The van der Waals surface area contributed by atoms with Crippen molar-refractivity contribution in [2.24, 2.45) is 0 Å². The molecule has 1 aromatic heterocycles. The second-order valence-corrected chi connectivity index (χ2v) is 5.22. The van der Waals surface area contributed by atoms with E-state index in [-0.39, 0.29) is 5.69 Å². The number of hydrazine groups is 1. The summed E-state index contributed by atoms with van der Waals surface area (Å²) >= 11 is 0. The minimum atomic E-state index is -4.47. The van der Waals surface area contributed by atoms with Gasteiger partial charge in [0.15, 0.2) is 0 Å². The molecule has 0 spiro atoms. The molecule has 0 atom stereocenters. The van der Waals surface area contributed by atoms with Crippen molar-refractivity contribution in [1.82, 2.24) is 4.98 Å². The number of nitrogens with one attached hydrogen (secondary N) is 1. The molecule has 2 aromatic carbocycles. The molecule has 0 saturated heterocycles. The summed E-state index contributed by atoms with van der Waals surface area (Å²) in [5, 5.41) is 11.5. The van der Waals surface area contributed by atoms with Crippen molar-refractivity contribution in [1.29, 1.82) is 0 Å². The van der Waals surface area contributed by atoms with Crippen molar-refractivity contribution in [2.45, 2.75) is 6.18 Å². The second-order valence-electron chi connectivity index (χ2n) is 5.22. The standard InChI is InChI=1S/C16H10F3N3O/c17-16(18,19)10-4-6-11-12-5-3-9-2-1-7-20-14(9)15(12)21-22(23)13(11)8-10/h1-8,21,23H. The predicted molar refractivity (Wildman–Crippen MR) is 80.1 cm³/mol. The molecule has 4 rings (SSSR count). The van der Waals surface area contributed by atoms with E-state index in [1.165, 1.54) is 6.07 Å². The zero-order chi connectivity index (χ0) is 16.2. The first-order valence-corrected chi connectivity index (χ1v) is 6.80. The Balaban J connectivity index is 1.97. The number of hydrogen-bond donors (Lipinski definition) is 2. The van der Waals surface area contributed by atoms with Crippen LogP contribution in [0.25, 0.3) is 22.0 Å². The van der Waals surface area contributed by atoms with Crippen LogP contribution in [0.4, 0.5) is 24.5 Å². The summed E-state index contributed by atoms with van der Waals surface area (Å²) in [6.07, 6.45) is -2.85. The molecule has 1 aliphatic rings. The van der Waals surface area contributed by atoms with E-state index in [4.69, 9.17) is 0 Å². The van der Waals surface area contributed by atoms with Crippen LogP contribution < -0.4 is 10.6 Å². The normalized spacial score (nSPS) is 13.5. The lowest BCUT2D eigenvalue weighted by atomic mass is 9.96. The molecule has 1 aliphatic heterocycles. The number of halogens is 3. The van der Waals surface area contributed by atoms with E-state index in [9.17, 15) is 18.4 Å². The molecule has 0 saturated carbocycles. The van der Waals surface area contributed by atoms with E-state index in [2.05, 4.69) is 10.4 Å². The Morgan fingerprint density at radius 3 is 2.61 bits per heavy atom. The van der Waals surface area contributed by atoms with Crippen molar-refractivity contribution in [3.05, 3.63) is 54.2 Å². The van der Waals surface area contributed by atoms with Gasteiger partial charge in [0.05, 0.1) is 22.5 Å². The summed E-state index contributed by atoms with van der Waals surface area (Å²) in [7, 11) is 0. The highest BCUT2D eigenvalue weighted by molar-refractivity contribution is 6.03. The summed E-state index contributed by atoms with van der Waals surface area (Å²) in [4.78, 5) is 4.28. The third kappa shape index (κ3) is 2.08. The summed E-state index contributed by atoms with van der Waals surface area (Å²) in [5.74, 6) is 0. The Bertz CT molecular complexity index is 924. The van der Waals surface area contributed by atoms with Crippen LogP contribution in [0.1, 0.15) is 5.56 Å². The zero-order valence-electron chi connectivity index (χ0n) is 11.6. The molecule has 2 N–H and O–H groups in total. The van der Waals surface area contributed by atoms with E-state index in [1.807, 2.05) is 12.1 Å². The molecular weight excluding hydrogens is 307 g/mol. The second kappa shape index (κ2) is 4.60. The highest BCUT2D eigenvalue weighted by Crippen LogP contribution is 2.44. The van der Waals surface area contributed by atoms with Gasteiger partial charge in [0, 0.05) is 22.7 Å². The van der Waals surface area contributed by atoms with Crippen LogP contribution in [-0.2, 0) is 6.18 Å². The van der Waals surface area contributed by atoms with Crippen molar-refractivity contribution >= 4 is 22.3 Å². The van der Waals surface area contributed by atoms with Gasteiger partial charge in [-0.3, -0.25) is 15.6 Å². The molecular formula is C16H10F3N3O. The average molecular weight is 317 g/mol. The van der Waals surface area contributed by atoms with Crippen LogP contribution in [0.2, 0.25) is 0 Å². The first-order chi connectivity index (χ1) is 10.9. The maximum absolute atomic E-state index is 12.9. The maximum Gasteiger partial charge on any atom is 0.416 e. The van der Waals surface area contributed by atoms with Gasteiger partial charge < -0.3 is 0 Å². The largest absolute Gasteiger partial charge is 0.416 e. The van der Waals surface area contributed by atoms with Gasteiger partial charge in [-0.2, -0.15) is 18.3 Å². The third-order valence-corrected chi connectivity index (χ3v) is 3.84. The molecule has 2 heterocycles. The molecule has 116 valence electrons. The van der Waals surface area contributed by atoms with E-state index in [0.29, 0.717) is 27.5 Å². The Morgan fingerprint density at radius 1 is 1.04 bits per heavy atom. The van der Waals surface area contributed by atoms with E-state index in [1.54, 1.807) is 18.3 Å². The van der Waals surface area contributed by atoms with Crippen LogP contribution in [0.3, 0.4) is 0 Å². The van der Waals surface area contributed by atoms with Crippen molar-refractivity contribution in [3.63, 3.8) is 0 Å². The smallest absolute Gasteiger partial charge is 0.272 e. The van der Waals surface area contributed by atoms with Crippen LogP contribution >= 0.6 is 0 Å². The quantitative estimate of drug-likeness (QED) is 0.643. The summed E-state index contributed by atoms with van der Waals surface area (Å²) in [6, 6.07) is 10.6. The van der Waals surface area contributed by atoms with Gasteiger partial charge in [-0.05, 0) is 18.2 Å². The van der Waals surface area contributed by atoms with Gasteiger partial charge in [0.25, 0.3) is 0 Å². The molecule has 0 amide bonds. The van der Waals surface area contributed by atoms with Gasteiger partial charge in [0.2, 0.25) is 0 Å². The van der Waals surface area contributed by atoms with Crippen LogP contribution in [0.15, 0.2) is 48.7 Å². The van der Waals surface area contributed by atoms with E-state index < -0.39 is 11.7 Å². The maximum atomic E-state index is 12.9. The van der Waals surface area contributed by atoms with Crippen molar-refractivity contribution in [3.8, 4) is 11.1 Å². The van der Waals surface area contributed by atoms with Gasteiger partial charge >= 0.3 is 6.18 Å². The van der Waals surface area contributed by atoms with Crippen LogP contribution in [-0.4, -0.2) is 10.2 Å². The lowest BCUT2D eigenvalue weighted by molar-refractivity contribution is -0.137. The Morgan fingerprint density at radius 2 is 1.83 bits per heavy atom. The number of pyridine rings is 1. The van der Waals surface area contributed by atoms with Gasteiger partial charge in [0.1, 0.15) is 0 Å². The number of aromatic nitrogens is 1. The van der Waals surface area contributed by atoms with Crippen LogP contribution in [0.5, 0.6) is 0 Å². The number of fused-ring (bicyclic) bond motifs is 5. The Kier molecular flexibility index (Phi) is 2.76. The zero-order valence-corrected chi connectivity index (χ0v) is 11.6. The highest BCUT2D eigenvalue weighted by Gasteiger charge is 2.33. The van der Waals surface area contributed by atoms with E-state index in [0.717, 1.165) is 17.5 Å². The molecule has 4 nitrogen and oxygen atoms in total. The molecule has 0 radical (unpaired) electrons. The fourth-order valence-electron chi connectivity index (χ4n) is 2.76. The Hall–Kier alpha value is -2.80. The number of alkyl halides is 3. The molecule has 23 heavy (non-hydrogen) atoms. The van der Waals surface area contributed by atoms with Crippen molar-refractivity contribution in [2.75, 3.05) is 10.6 Å². The minimum absolute atomic E-state index is 0.0441. The molecule has 0 bridgehead atoms. The fraction of sp³-hybridized carbons (Fsp3) is 0.0625. The molecule has 3 aromatic rings. The first kappa shape index (κ1) is 13.8. The monoisotopic (exact) mass is 317 g/mol. The number of rotatable bonds is 0. The molecule has 0 unspecified atom stereocenters. The highest BCUT2D eigenvalue weighted by atomic mass is 19.4. The molecule has 0 aliphatic carbocycles. The van der Waals surface area contributed by atoms with E-state index >= 15 is 0 Å². The number of nitrogens with zero attached hydrogens (tertiary/aromatic N) is 2. The molecule has 0 fully saturated rings. The summed E-state index contributed by atoms with van der Waals surface area (Å²) < 4.78 is 38.6. The topological polar surface area (TPSA) is 48.4 Å². The SMILES string of the molecule is ON1Nc2c(ccc3cccnc23)-c2ccc(C(F)(F)F)cc21. The van der Waals surface area contributed by atoms with Gasteiger partial charge in [-0.1, -0.05) is 24.3 Å². The predicted octanol–water partition coefficient (Wildman–Crippen LogP) is 4.46. The molecule has 7 heteroatoms. The summed E-state index contributed by atoms with van der Waals surface area (Å²) in [5.41, 5.74) is 4.30. The fourth-order valence-corrected chi connectivity index (χ4v) is 2.76. The van der Waals surface area contributed by atoms with Gasteiger partial charge in [-0.15, -0.1) is 0 Å². The lowest BCUT2D eigenvalue weighted by Crippen LogP contribution is -2.30. The third-order valence-electron chi connectivity index (χ3n) is 3.84. The Labute approximate surface area is 128 Å². The number of hydrogen-bond acceptors (Lipinski definition) is 4. The summed E-state index contributed by atoms with van der Waals surface area (Å²) in [6.45, 7) is 0. The lowest BCUT2D eigenvalue weighted by Gasteiger charge is -2.30. The first-order valence-electron chi connectivity index (χ1n) is 6.80. The number of anilines is 2. The van der Waals surface area contributed by atoms with Crippen molar-refractivity contribution < 1.29 is 18.4 Å². The van der Waals surface area contributed by atoms with Gasteiger partial charge in [-0.25, -0.2) is 0 Å². The van der Waals surface area contributed by atoms with Crippen LogP contribution in [0, 0.1) is 0 Å².